The summed E-state index contributed by atoms with van der Waals surface area (Å²) >= 11 is 0. The third-order valence-electron chi connectivity index (χ3n) is 2.16. The summed E-state index contributed by atoms with van der Waals surface area (Å²) in [4.78, 5) is 11.2. The lowest BCUT2D eigenvalue weighted by molar-refractivity contribution is 0.102. The number of hydrogen-bond donors (Lipinski definition) is 2. The van der Waals surface area contributed by atoms with Gasteiger partial charge < -0.3 is 9.47 Å². The van der Waals surface area contributed by atoms with Gasteiger partial charge in [-0.3, -0.25) is 5.43 Å². The quantitative estimate of drug-likeness (QED) is 0.458. The largest absolute Gasteiger partial charge is 0.449 e. The molecule has 102 valence electrons. The Morgan fingerprint density at radius 2 is 1.82 bits per heavy atom. The SMILES string of the molecule is CCCCOCC(C)NNC(=O)OCCCC. The van der Waals surface area contributed by atoms with E-state index in [1.165, 1.54) is 0 Å². The molecule has 0 heterocycles. The van der Waals surface area contributed by atoms with Gasteiger partial charge in [0, 0.05) is 12.6 Å². The van der Waals surface area contributed by atoms with Crippen LogP contribution in [0.3, 0.4) is 0 Å². The smallest absolute Gasteiger partial charge is 0.421 e. The van der Waals surface area contributed by atoms with Crippen molar-refractivity contribution in [3.05, 3.63) is 0 Å². The van der Waals surface area contributed by atoms with Gasteiger partial charge in [0.15, 0.2) is 0 Å². The van der Waals surface area contributed by atoms with Crippen molar-refractivity contribution in [2.45, 2.75) is 52.5 Å². The molecule has 0 rings (SSSR count). The molecular formula is C12H26N2O3. The van der Waals surface area contributed by atoms with E-state index in [-0.39, 0.29) is 6.04 Å². The van der Waals surface area contributed by atoms with E-state index in [0.717, 1.165) is 32.3 Å². The van der Waals surface area contributed by atoms with Crippen molar-refractivity contribution in [2.75, 3.05) is 19.8 Å². The third kappa shape index (κ3) is 11.5. The molecule has 0 aromatic rings. The van der Waals surface area contributed by atoms with E-state index >= 15 is 0 Å². The average molecular weight is 246 g/mol. The molecule has 0 aliphatic rings. The van der Waals surface area contributed by atoms with E-state index in [4.69, 9.17) is 9.47 Å². The summed E-state index contributed by atoms with van der Waals surface area (Å²) in [5.41, 5.74) is 5.33. The Bertz CT molecular complexity index is 189. The van der Waals surface area contributed by atoms with Gasteiger partial charge in [0.25, 0.3) is 0 Å². The summed E-state index contributed by atoms with van der Waals surface area (Å²) in [5.74, 6) is 0. The van der Waals surface area contributed by atoms with Gasteiger partial charge in [0.1, 0.15) is 0 Å². The highest BCUT2D eigenvalue weighted by atomic mass is 16.6. The van der Waals surface area contributed by atoms with Gasteiger partial charge in [-0.1, -0.05) is 26.7 Å². The molecule has 0 bridgehead atoms. The number of nitrogens with one attached hydrogen (secondary N) is 2. The number of unbranched alkanes of at least 4 members (excludes halogenated alkanes) is 2. The zero-order valence-electron chi connectivity index (χ0n) is 11.3. The Morgan fingerprint density at radius 3 is 2.47 bits per heavy atom. The van der Waals surface area contributed by atoms with Crippen LogP contribution in [0.2, 0.25) is 0 Å². The summed E-state index contributed by atoms with van der Waals surface area (Å²) in [6.45, 7) is 7.93. The molecule has 0 aromatic carbocycles. The lowest BCUT2D eigenvalue weighted by Crippen LogP contribution is -2.45. The van der Waals surface area contributed by atoms with Crippen LogP contribution in [0.1, 0.15) is 46.5 Å². The Kier molecular flexibility index (Phi) is 11.1. The van der Waals surface area contributed by atoms with Crippen molar-refractivity contribution in [1.82, 2.24) is 10.9 Å². The molecule has 5 nitrogen and oxygen atoms in total. The molecule has 0 aliphatic carbocycles. The van der Waals surface area contributed by atoms with Crippen LogP contribution < -0.4 is 10.9 Å². The van der Waals surface area contributed by atoms with Crippen LogP contribution in [0.4, 0.5) is 4.79 Å². The van der Waals surface area contributed by atoms with E-state index in [1.807, 2.05) is 6.92 Å². The number of rotatable bonds is 10. The molecule has 2 N–H and O–H groups in total. The first-order valence-corrected chi connectivity index (χ1v) is 6.46. The molecule has 0 aromatic heterocycles. The van der Waals surface area contributed by atoms with Crippen molar-refractivity contribution >= 4 is 6.09 Å². The van der Waals surface area contributed by atoms with E-state index in [2.05, 4.69) is 24.7 Å². The highest BCUT2D eigenvalue weighted by molar-refractivity contribution is 5.66. The first-order valence-electron chi connectivity index (χ1n) is 6.46. The minimum atomic E-state index is -0.432. The van der Waals surface area contributed by atoms with Crippen molar-refractivity contribution in [3.8, 4) is 0 Å². The van der Waals surface area contributed by atoms with Crippen LogP contribution in [0.5, 0.6) is 0 Å². The molecule has 0 aliphatic heterocycles. The fourth-order valence-corrected chi connectivity index (χ4v) is 1.08. The summed E-state index contributed by atoms with van der Waals surface area (Å²) in [6.07, 6.45) is 3.67. The Labute approximate surface area is 104 Å². The average Bonchev–Trinajstić information content (AvgIpc) is 2.32. The molecular weight excluding hydrogens is 220 g/mol. The number of carbonyl (C=O) groups excluding carboxylic acids is 1. The van der Waals surface area contributed by atoms with E-state index < -0.39 is 6.09 Å². The fourth-order valence-electron chi connectivity index (χ4n) is 1.08. The van der Waals surface area contributed by atoms with Crippen LogP contribution in [-0.2, 0) is 9.47 Å². The van der Waals surface area contributed by atoms with Gasteiger partial charge in [-0.25, -0.2) is 10.2 Å². The van der Waals surface area contributed by atoms with Gasteiger partial charge in [0.05, 0.1) is 13.2 Å². The van der Waals surface area contributed by atoms with E-state index in [9.17, 15) is 4.79 Å². The molecule has 5 heteroatoms. The molecule has 0 saturated heterocycles. The van der Waals surface area contributed by atoms with Crippen LogP contribution in [0, 0.1) is 0 Å². The second kappa shape index (κ2) is 11.7. The number of amides is 1. The minimum Gasteiger partial charge on any atom is -0.449 e. The Balaban J connectivity index is 3.35. The lowest BCUT2D eigenvalue weighted by Gasteiger charge is -2.14. The highest BCUT2D eigenvalue weighted by Gasteiger charge is 2.04. The first-order chi connectivity index (χ1) is 8.20. The minimum absolute atomic E-state index is 0.0746. The molecule has 1 amide bonds. The number of carbonyl (C=O) groups is 1. The predicted octanol–water partition coefficient (Wildman–Crippen LogP) is 2.22. The maximum absolute atomic E-state index is 11.2. The second-order valence-corrected chi connectivity index (χ2v) is 4.09. The maximum Gasteiger partial charge on any atom is 0.421 e. The molecule has 1 unspecified atom stereocenters. The first kappa shape index (κ1) is 16.2. The van der Waals surface area contributed by atoms with Crippen LogP contribution in [-0.4, -0.2) is 32.0 Å². The molecule has 17 heavy (non-hydrogen) atoms. The van der Waals surface area contributed by atoms with Gasteiger partial charge in [-0.05, 0) is 19.8 Å². The van der Waals surface area contributed by atoms with Gasteiger partial charge in [0.2, 0.25) is 0 Å². The second-order valence-electron chi connectivity index (χ2n) is 4.09. The highest BCUT2D eigenvalue weighted by Crippen LogP contribution is 1.90. The number of hydrazine groups is 1. The summed E-state index contributed by atoms with van der Waals surface area (Å²) in [6, 6.07) is 0.0746. The zero-order chi connectivity index (χ0) is 12.9. The topological polar surface area (TPSA) is 59.6 Å². The zero-order valence-corrected chi connectivity index (χ0v) is 11.3. The Morgan fingerprint density at radius 1 is 1.18 bits per heavy atom. The lowest BCUT2D eigenvalue weighted by atomic mass is 10.3. The monoisotopic (exact) mass is 246 g/mol. The maximum atomic E-state index is 11.2. The molecule has 0 fully saturated rings. The summed E-state index contributed by atoms with van der Waals surface area (Å²) < 4.78 is 10.3. The number of hydrogen-bond acceptors (Lipinski definition) is 4. The molecule has 0 spiro atoms. The standard InChI is InChI=1S/C12H26N2O3/c1-4-6-8-16-10-11(3)13-14-12(15)17-9-7-5-2/h11,13H,4-10H2,1-3H3,(H,14,15). The van der Waals surface area contributed by atoms with Crippen molar-refractivity contribution in [1.29, 1.82) is 0 Å². The van der Waals surface area contributed by atoms with E-state index in [0.29, 0.717) is 13.2 Å². The van der Waals surface area contributed by atoms with Crippen LogP contribution >= 0.6 is 0 Å². The fraction of sp³-hybridized carbons (Fsp3) is 0.917. The summed E-state index contributed by atoms with van der Waals surface area (Å²) in [5, 5.41) is 0. The van der Waals surface area contributed by atoms with Crippen LogP contribution in [0.15, 0.2) is 0 Å². The van der Waals surface area contributed by atoms with Crippen molar-refractivity contribution in [2.24, 2.45) is 0 Å². The van der Waals surface area contributed by atoms with Crippen molar-refractivity contribution in [3.63, 3.8) is 0 Å². The van der Waals surface area contributed by atoms with Crippen LogP contribution in [0.25, 0.3) is 0 Å². The predicted molar refractivity (Wildman–Crippen MR) is 67.7 cm³/mol. The number of ether oxygens (including phenoxy) is 2. The molecule has 1 atom stereocenters. The van der Waals surface area contributed by atoms with Crippen molar-refractivity contribution < 1.29 is 14.3 Å². The molecule has 0 radical (unpaired) electrons. The third-order valence-corrected chi connectivity index (χ3v) is 2.16. The van der Waals surface area contributed by atoms with Gasteiger partial charge in [-0.15, -0.1) is 0 Å². The normalized spacial score (nSPS) is 12.2. The Hall–Kier alpha value is -0.810. The summed E-state index contributed by atoms with van der Waals surface area (Å²) in [7, 11) is 0. The van der Waals surface area contributed by atoms with Gasteiger partial charge >= 0.3 is 6.09 Å². The van der Waals surface area contributed by atoms with E-state index in [1.54, 1.807) is 0 Å². The molecule has 0 saturated carbocycles. The van der Waals surface area contributed by atoms with Gasteiger partial charge in [-0.2, -0.15) is 0 Å².